The minimum Gasteiger partial charge on any atom is -0.435 e. The van der Waals surface area contributed by atoms with Crippen molar-refractivity contribution in [2.45, 2.75) is 38.7 Å². The highest BCUT2D eigenvalue weighted by molar-refractivity contribution is 5.60. The Bertz CT molecular complexity index is 226. The van der Waals surface area contributed by atoms with Gasteiger partial charge in [0.25, 0.3) is 0 Å². The normalized spacial score (nSPS) is 26.3. The van der Waals surface area contributed by atoms with Crippen molar-refractivity contribution >= 4 is 6.16 Å². The standard InChI is InChI=1S/C10H15NO3/c1-2-13-10(12)14-9-5-3-8(7-11)4-6-9/h8-9H,2-6H2,1H3. The molecule has 0 amide bonds. The molecule has 4 nitrogen and oxygen atoms in total. The van der Waals surface area contributed by atoms with Gasteiger partial charge in [0.15, 0.2) is 0 Å². The number of nitriles is 1. The van der Waals surface area contributed by atoms with E-state index in [-0.39, 0.29) is 12.0 Å². The lowest BCUT2D eigenvalue weighted by molar-refractivity contribution is 0.0108. The first-order chi connectivity index (χ1) is 6.76. The van der Waals surface area contributed by atoms with E-state index in [0.29, 0.717) is 6.61 Å². The maximum Gasteiger partial charge on any atom is 0.508 e. The summed E-state index contributed by atoms with van der Waals surface area (Å²) in [5.74, 6) is 0.136. The van der Waals surface area contributed by atoms with Crippen LogP contribution in [0.1, 0.15) is 32.6 Å². The lowest BCUT2D eigenvalue weighted by Gasteiger charge is -2.24. The van der Waals surface area contributed by atoms with Gasteiger partial charge in [0.2, 0.25) is 0 Å². The van der Waals surface area contributed by atoms with Crippen LogP contribution in [0, 0.1) is 17.2 Å². The van der Waals surface area contributed by atoms with E-state index in [1.807, 2.05) is 0 Å². The van der Waals surface area contributed by atoms with E-state index in [4.69, 9.17) is 10.00 Å². The third-order valence-corrected chi connectivity index (χ3v) is 2.38. The topological polar surface area (TPSA) is 59.3 Å². The molecule has 4 heteroatoms. The summed E-state index contributed by atoms with van der Waals surface area (Å²) in [4.78, 5) is 11.0. The largest absolute Gasteiger partial charge is 0.508 e. The second-order valence-electron chi connectivity index (χ2n) is 3.40. The third-order valence-electron chi connectivity index (χ3n) is 2.38. The molecule has 0 unspecified atom stereocenters. The van der Waals surface area contributed by atoms with Crippen LogP contribution in [0.15, 0.2) is 0 Å². The Morgan fingerprint density at radius 1 is 1.43 bits per heavy atom. The fraction of sp³-hybridized carbons (Fsp3) is 0.800. The van der Waals surface area contributed by atoms with E-state index in [9.17, 15) is 4.79 Å². The van der Waals surface area contributed by atoms with Crippen LogP contribution >= 0.6 is 0 Å². The predicted molar refractivity (Wildman–Crippen MR) is 49.5 cm³/mol. The van der Waals surface area contributed by atoms with E-state index >= 15 is 0 Å². The van der Waals surface area contributed by atoms with Gasteiger partial charge in [0.05, 0.1) is 12.7 Å². The second-order valence-corrected chi connectivity index (χ2v) is 3.40. The first-order valence-corrected chi connectivity index (χ1v) is 4.99. The van der Waals surface area contributed by atoms with Gasteiger partial charge >= 0.3 is 6.16 Å². The van der Waals surface area contributed by atoms with Crippen LogP contribution in [0.4, 0.5) is 4.79 Å². The van der Waals surface area contributed by atoms with Gasteiger partial charge in [-0.05, 0) is 32.6 Å². The van der Waals surface area contributed by atoms with Gasteiger partial charge in [-0.25, -0.2) is 4.79 Å². The van der Waals surface area contributed by atoms with Crippen molar-refractivity contribution in [3.05, 3.63) is 0 Å². The lowest BCUT2D eigenvalue weighted by atomic mass is 9.88. The monoisotopic (exact) mass is 197 g/mol. The molecule has 0 heterocycles. The van der Waals surface area contributed by atoms with Crippen molar-refractivity contribution in [2.75, 3.05) is 6.61 Å². The van der Waals surface area contributed by atoms with Gasteiger partial charge in [-0.2, -0.15) is 5.26 Å². The van der Waals surface area contributed by atoms with Gasteiger partial charge in [0.1, 0.15) is 6.10 Å². The van der Waals surface area contributed by atoms with Crippen molar-refractivity contribution in [1.82, 2.24) is 0 Å². The molecule has 1 saturated carbocycles. The Labute approximate surface area is 83.8 Å². The molecule has 0 atom stereocenters. The quantitative estimate of drug-likeness (QED) is 0.637. The van der Waals surface area contributed by atoms with Crippen LogP contribution in [0.25, 0.3) is 0 Å². The summed E-state index contributed by atoms with van der Waals surface area (Å²) < 4.78 is 9.73. The summed E-state index contributed by atoms with van der Waals surface area (Å²) in [6, 6.07) is 2.23. The summed E-state index contributed by atoms with van der Waals surface area (Å²) in [7, 11) is 0. The molecule has 0 aromatic rings. The molecule has 0 N–H and O–H groups in total. The van der Waals surface area contributed by atoms with Gasteiger partial charge < -0.3 is 9.47 Å². The molecule has 1 aliphatic rings. The van der Waals surface area contributed by atoms with Crippen LogP contribution in [-0.4, -0.2) is 18.9 Å². The Hall–Kier alpha value is -1.24. The molecule has 1 rings (SSSR count). The molecule has 0 saturated heterocycles. The van der Waals surface area contributed by atoms with Crippen LogP contribution in [0.5, 0.6) is 0 Å². The van der Waals surface area contributed by atoms with Crippen LogP contribution in [0.3, 0.4) is 0 Å². The Morgan fingerprint density at radius 2 is 2.07 bits per heavy atom. The van der Waals surface area contributed by atoms with Crippen LogP contribution in [-0.2, 0) is 9.47 Å². The van der Waals surface area contributed by atoms with Crippen molar-refractivity contribution in [3.63, 3.8) is 0 Å². The van der Waals surface area contributed by atoms with Gasteiger partial charge in [0, 0.05) is 5.92 Å². The predicted octanol–water partition coefficient (Wildman–Crippen LogP) is 2.24. The number of carbonyl (C=O) groups is 1. The third kappa shape index (κ3) is 3.25. The number of rotatable bonds is 2. The number of nitrogens with zero attached hydrogens (tertiary/aromatic N) is 1. The number of hydrogen-bond donors (Lipinski definition) is 0. The second kappa shape index (κ2) is 5.48. The van der Waals surface area contributed by atoms with Gasteiger partial charge in [-0.15, -0.1) is 0 Å². The zero-order valence-corrected chi connectivity index (χ0v) is 8.36. The van der Waals surface area contributed by atoms with E-state index in [1.54, 1.807) is 6.92 Å². The SMILES string of the molecule is CCOC(=O)OC1CCC(C#N)CC1. The van der Waals surface area contributed by atoms with E-state index in [0.717, 1.165) is 25.7 Å². The average molecular weight is 197 g/mol. The molecular formula is C10H15NO3. The molecule has 0 radical (unpaired) electrons. The van der Waals surface area contributed by atoms with Crippen molar-refractivity contribution in [1.29, 1.82) is 5.26 Å². The first-order valence-electron chi connectivity index (χ1n) is 4.99. The lowest BCUT2D eigenvalue weighted by Crippen LogP contribution is -2.24. The van der Waals surface area contributed by atoms with E-state index in [2.05, 4.69) is 10.8 Å². The zero-order chi connectivity index (χ0) is 10.4. The summed E-state index contributed by atoms with van der Waals surface area (Å²) in [5.41, 5.74) is 0. The minimum absolute atomic E-state index is 0.0568. The molecule has 78 valence electrons. The highest BCUT2D eigenvalue weighted by Gasteiger charge is 2.23. The fourth-order valence-corrected chi connectivity index (χ4v) is 1.60. The Morgan fingerprint density at radius 3 is 2.57 bits per heavy atom. The minimum atomic E-state index is -0.590. The smallest absolute Gasteiger partial charge is 0.435 e. The molecule has 1 aliphatic carbocycles. The molecule has 1 fully saturated rings. The average Bonchev–Trinajstić information content (AvgIpc) is 2.19. The summed E-state index contributed by atoms with van der Waals surface area (Å²) >= 11 is 0. The van der Waals surface area contributed by atoms with E-state index < -0.39 is 6.16 Å². The molecule has 0 bridgehead atoms. The molecule has 0 aromatic carbocycles. The Kier molecular flexibility index (Phi) is 4.24. The van der Waals surface area contributed by atoms with Crippen molar-refractivity contribution in [3.8, 4) is 6.07 Å². The van der Waals surface area contributed by atoms with Gasteiger partial charge in [-0.1, -0.05) is 0 Å². The zero-order valence-electron chi connectivity index (χ0n) is 8.36. The molecule has 14 heavy (non-hydrogen) atoms. The Balaban J connectivity index is 2.22. The number of ether oxygens (including phenoxy) is 2. The van der Waals surface area contributed by atoms with E-state index in [1.165, 1.54) is 0 Å². The number of carbonyl (C=O) groups excluding carboxylic acids is 1. The molecule has 0 aliphatic heterocycles. The molecule has 0 aromatic heterocycles. The maximum atomic E-state index is 11.0. The fourth-order valence-electron chi connectivity index (χ4n) is 1.60. The van der Waals surface area contributed by atoms with Crippen molar-refractivity contribution in [2.24, 2.45) is 5.92 Å². The van der Waals surface area contributed by atoms with Gasteiger partial charge in [-0.3, -0.25) is 0 Å². The highest BCUT2D eigenvalue weighted by atomic mass is 16.7. The first kappa shape index (κ1) is 10.8. The number of hydrogen-bond acceptors (Lipinski definition) is 4. The summed E-state index contributed by atoms with van der Waals surface area (Å²) in [6.07, 6.45) is 2.54. The summed E-state index contributed by atoms with van der Waals surface area (Å²) in [6.45, 7) is 2.08. The van der Waals surface area contributed by atoms with Crippen LogP contribution in [0.2, 0.25) is 0 Å². The van der Waals surface area contributed by atoms with Crippen molar-refractivity contribution < 1.29 is 14.3 Å². The molecular weight excluding hydrogens is 182 g/mol. The maximum absolute atomic E-state index is 11.0. The molecule has 0 spiro atoms. The van der Waals surface area contributed by atoms with Crippen LogP contribution < -0.4 is 0 Å². The highest BCUT2D eigenvalue weighted by Crippen LogP contribution is 2.25. The summed E-state index contributed by atoms with van der Waals surface area (Å²) in [5, 5.41) is 8.66.